The summed E-state index contributed by atoms with van der Waals surface area (Å²) in [5, 5.41) is 3.34. The van der Waals surface area contributed by atoms with Crippen LogP contribution in [0.5, 0.6) is 5.75 Å². The number of hydrogen-bond donors (Lipinski definition) is 1. The maximum atomic E-state index is 11.4. The largest absolute Gasteiger partial charge is 0.478 e. The van der Waals surface area contributed by atoms with E-state index in [1.165, 1.54) is 0 Å². The molecule has 3 nitrogen and oxygen atoms in total. The van der Waals surface area contributed by atoms with Gasteiger partial charge in [-0.25, -0.2) is 0 Å². The van der Waals surface area contributed by atoms with Crippen molar-refractivity contribution in [3.63, 3.8) is 0 Å². The monoisotopic (exact) mass is 211 g/mol. The molecular formula is C10H10ClNO2. The molecule has 0 aromatic heterocycles. The first-order valence-corrected chi connectivity index (χ1v) is 4.85. The van der Waals surface area contributed by atoms with E-state index < -0.39 is 0 Å². The first-order valence-electron chi connectivity index (χ1n) is 4.47. The van der Waals surface area contributed by atoms with Gasteiger partial charge in [0.05, 0.1) is 5.69 Å². The first-order chi connectivity index (χ1) is 6.70. The van der Waals surface area contributed by atoms with Gasteiger partial charge in [0.25, 0.3) is 5.91 Å². The van der Waals surface area contributed by atoms with Crippen LogP contribution >= 0.6 is 11.6 Å². The predicted octanol–water partition coefficient (Wildman–Crippen LogP) is 2.45. The van der Waals surface area contributed by atoms with Gasteiger partial charge in [-0.05, 0) is 24.6 Å². The van der Waals surface area contributed by atoms with Crippen LogP contribution in [0.1, 0.15) is 13.3 Å². The summed E-state index contributed by atoms with van der Waals surface area (Å²) < 4.78 is 5.48. The molecule has 1 aliphatic heterocycles. The van der Waals surface area contributed by atoms with E-state index in [0.717, 1.165) is 0 Å². The molecular weight excluding hydrogens is 202 g/mol. The van der Waals surface area contributed by atoms with Crippen LogP contribution < -0.4 is 10.1 Å². The van der Waals surface area contributed by atoms with Gasteiger partial charge in [0.2, 0.25) is 0 Å². The zero-order chi connectivity index (χ0) is 10.1. The molecule has 1 amide bonds. The summed E-state index contributed by atoms with van der Waals surface area (Å²) in [7, 11) is 0. The normalized spacial score (nSPS) is 19.6. The van der Waals surface area contributed by atoms with E-state index in [2.05, 4.69) is 5.32 Å². The summed E-state index contributed by atoms with van der Waals surface area (Å²) >= 11 is 5.79. The molecule has 4 heteroatoms. The average Bonchev–Trinajstić information content (AvgIpc) is 2.16. The van der Waals surface area contributed by atoms with Gasteiger partial charge < -0.3 is 10.1 Å². The Kier molecular flexibility index (Phi) is 2.33. The van der Waals surface area contributed by atoms with E-state index in [1.54, 1.807) is 18.2 Å². The van der Waals surface area contributed by atoms with E-state index in [4.69, 9.17) is 16.3 Å². The maximum Gasteiger partial charge on any atom is 0.265 e. The molecule has 1 heterocycles. The van der Waals surface area contributed by atoms with E-state index >= 15 is 0 Å². The number of fused-ring (bicyclic) bond motifs is 1. The molecule has 1 aromatic rings. The molecule has 1 aliphatic rings. The Balaban J connectivity index is 2.35. The molecule has 2 rings (SSSR count). The van der Waals surface area contributed by atoms with Crippen molar-refractivity contribution < 1.29 is 9.53 Å². The minimum atomic E-state index is -0.385. The topological polar surface area (TPSA) is 38.3 Å². The lowest BCUT2D eigenvalue weighted by molar-refractivity contribution is -0.123. The van der Waals surface area contributed by atoms with Gasteiger partial charge in [-0.2, -0.15) is 0 Å². The molecule has 0 bridgehead atoms. The molecule has 74 valence electrons. The van der Waals surface area contributed by atoms with Crippen LogP contribution in [-0.4, -0.2) is 12.0 Å². The summed E-state index contributed by atoms with van der Waals surface area (Å²) in [6, 6.07) is 5.19. The number of nitrogens with one attached hydrogen (secondary N) is 1. The fourth-order valence-electron chi connectivity index (χ4n) is 1.39. The third-order valence-corrected chi connectivity index (χ3v) is 2.37. The molecule has 0 fully saturated rings. The summed E-state index contributed by atoms with van der Waals surface area (Å²) in [4.78, 5) is 11.4. The Hall–Kier alpha value is -1.22. The summed E-state index contributed by atoms with van der Waals surface area (Å²) in [6.45, 7) is 1.91. The third kappa shape index (κ3) is 1.55. The van der Waals surface area contributed by atoms with E-state index in [-0.39, 0.29) is 12.0 Å². The lowest BCUT2D eigenvalue weighted by atomic mass is 10.2. The molecule has 1 atom stereocenters. The van der Waals surface area contributed by atoms with Gasteiger partial charge in [0.1, 0.15) is 5.75 Å². The molecule has 1 N–H and O–H groups in total. The molecule has 0 radical (unpaired) electrons. The lowest BCUT2D eigenvalue weighted by Crippen LogP contribution is -2.36. The van der Waals surface area contributed by atoms with Crippen molar-refractivity contribution in [1.82, 2.24) is 0 Å². The van der Waals surface area contributed by atoms with Crippen LogP contribution in [0.4, 0.5) is 5.69 Å². The Morgan fingerprint density at radius 3 is 3.07 bits per heavy atom. The Bertz CT molecular complexity index is 378. The summed E-state index contributed by atoms with van der Waals surface area (Å²) in [5.41, 5.74) is 0.646. The highest BCUT2D eigenvalue weighted by molar-refractivity contribution is 6.31. The van der Waals surface area contributed by atoms with Crippen LogP contribution in [0.15, 0.2) is 18.2 Å². The second kappa shape index (κ2) is 3.50. The summed E-state index contributed by atoms with van der Waals surface area (Å²) in [5.74, 6) is 0.572. The fraction of sp³-hybridized carbons (Fsp3) is 0.300. The number of hydrogen-bond acceptors (Lipinski definition) is 2. The zero-order valence-corrected chi connectivity index (χ0v) is 8.47. The fourth-order valence-corrected chi connectivity index (χ4v) is 1.56. The van der Waals surface area contributed by atoms with Gasteiger partial charge in [0, 0.05) is 5.02 Å². The van der Waals surface area contributed by atoms with Crippen molar-refractivity contribution in [3.05, 3.63) is 23.2 Å². The Morgan fingerprint density at radius 1 is 1.57 bits per heavy atom. The average molecular weight is 212 g/mol. The van der Waals surface area contributed by atoms with Crippen molar-refractivity contribution in [3.8, 4) is 5.75 Å². The molecule has 0 saturated carbocycles. The SMILES string of the molecule is CCC1Oc2ccc(Cl)cc2NC1=O. The molecule has 14 heavy (non-hydrogen) atoms. The minimum absolute atomic E-state index is 0.109. The molecule has 0 aliphatic carbocycles. The highest BCUT2D eigenvalue weighted by Crippen LogP contribution is 2.32. The van der Waals surface area contributed by atoms with Gasteiger partial charge in [0.15, 0.2) is 6.10 Å². The van der Waals surface area contributed by atoms with Gasteiger partial charge in [-0.1, -0.05) is 18.5 Å². The van der Waals surface area contributed by atoms with Crippen LogP contribution in [0.25, 0.3) is 0 Å². The van der Waals surface area contributed by atoms with Crippen LogP contribution in [-0.2, 0) is 4.79 Å². The minimum Gasteiger partial charge on any atom is -0.478 e. The van der Waals surface area contributed by atoms with Gasteiger partial charge >= 0.3 is 0 Å². The summed E-state index contributed by atoms with van der Waals surface area (Å²) in [6.07, 6.45) is 0.275. The maximum absolute atomic E-state index is 11.4. The Morgan fingerprint density at radius 2 is 2.36 bits per heavy atom. The van der Waals surface area contributed by atoms with E-state index in [9.17, 15) is 4.79 Å². The molecule has 0 saturated heterocycles. The van der Waals surface area contributed by atoms with E-state index in [1.807, 2.05) is 6.92 Å². The molecule has 0 spiro atoms. The molecule has 1 aromatic carbocycles. The highest BCUT2D eigenvalue weighted by Gasteiger charge is 2.25. The van der Waals surface area contributed by atoms with Gasteiger partial charge in [-0.15, -0.1) is 0 Å². The van der Waals surface area contributed by atoms with E-state index in [0.29, 0.717) is 22.9 Å². The van der Waals surface area contributed by atoms with Crippen LogP contribution in [0.3, 0.4) is 0 Å². The number of ether oxygens (including phenoxy) is 1. The smallest absolute Gasteiger partial charge is 0.265 e. The van der Waals surface area contributed by atoms with Crippen molar-refractivity contribution in [2.24, 2.45) is 0 Å². The van der Waals surface area contributed by atoms with Crippen LogP contribution in [0, 0.1) is 0 Å². The number of benzene rings is 1. The second-order valence-corrected chi connectivity index (χ2v) is 3.58. The number of halogens is 1. The van der Waals surface area contributed by atoms with Crippen molar-refractivity contribution >= 4 is 23.2 Å². The first kappa shape index (κ1) is 9.34. The van der Waals surface area contributed by atoms with Gasteiger partial charge in [-0.3, -0.25) is 4.79 Å². The number of anilines is 1. The van der Waals surface area contributed by atoms with Crippen molar-refractivity contribution in [2.45, 2.75) is 19.4 Å². The van der Waals surface area contributed by atoms with Crippen LogP contribution in [0.2, 0.25) is 5.02 Å². The number of amides is 1. The quantitative estimate of drug-likeness (QED) is 0.775. The highest BCUT2D eigenvalue weighted by atomic mass is 35.5. The molecule has 1 unspecified atom stereocenters. The second-order valence-electron chi connectivity index (χ2n) is 3.14. The zero-order valence-electron chi connectivity index (χ0n) is 7.71. The lowest BCUT2D eigenvalue weighted by Gasteiger charge is -2.24. The predicted molar refractivity (Wildman–Crippen MR) is 54.8 cm³/mol. The third-order valence-electron chi connectivity index (χ3n) is 2.13. The Labute approximate surface area is 87.0 Å². The van der Waals surface area contributed by atoms with Crippen molar-refractivity contribution in [2.75, 3.05) is 5.32 Å². The number of carbonyl (C=O) groups is 1. The number of rotatable bonds is 1. The number of carbonyl (C=O) groups excluding carboxylic acids is 1. The standard InChI is InChI=1S/C10H10ClNO2/c1-2-8-10(13)12-7-5-6(11)3-4-9(7)14-8/h3-5,8H,2H2,1H3,(H,12,13). The van der Waals surface area contributed by atoms with Crippen molar-refractivity contribution in [1.29, 1.82) is 0 Å².